The number of carbonyl (C=O) groups is 2. The van der Waals surface area contributed by atoms with Gasteiger partial charge in [-0.3, -0.25) is 14.5 Å². The van der Waals surface area contributed by atoms with Crippen LogP contribution < -0.4 is 9.64 Å². The van der Waals surface area contributed by atoms with Crippen molar-refractivity contribution in [1.29, 1.82) is 0 Å². The summed E-state index contributed by atoms with van der Waals surface area (Å²) in [5.41, 5.74) is 4.26. The molecule has 0 aromatic heterocycles. The summed E-state index contributed by atoms with van der Waals surface area (Å²) in [4.78, 5) is 28.1. The molecule has 1 amide bonds. The van der Waals surface area contributed by atoms with Crippen LogP contribution in [0.25, 0.3) is 5.76 Å². The van der Waals surface area contributed by atoms with Gasteiger partial charge < -0.3 is 14.9 Å². The standard InChI is InChI=1S/C28H27NO5/c1-5-34-23-14-11-20(15-17(23)3)26(31)24-25(19-9-12-21(30)13-10-19)29(28(33)27(24)32)22-8-6-7-16(2)18(22)4/h6-15,25,30-31H,5H2,1-4H3/b26-24+. The number of Topliss-reactive ketones (excluding diaryl/α,β-unsaturated/α-hetero) is 1. The van der Waals surface area contributed by atoms with Gasteiger partial charge in [-0.1, -0.05) is 24.3 Å². The van der Waals surface area contributed by atoms with Gasteiger partial charge in [-0.2, -0.15) is 0 Å². The van der Waals surface area contributed by atoms with Gasteiger partial charge in [0.05, 0.1) is 18.2 Å². The van der Waals surface area contributed by atoms with Gasteiger partial charge in [0.2, 0.25) is 0 Å². The van der Waals surface area contributed by atoms with Crippen LogP contribution in [0, 0.1) is 20.8 Å². The van der Waals surface area contributed by atoms with E-state index in [1.54, 1.807) is 36.4 Å². The predicted molar refractivity (Wildman–Crippen MR) is 131 cm³/mol. The molecule has 1 heterocycles. The van der Waals surface area contributed by atoms with Crippen LogP contribution in [0.5, 0.6) is 11.5 Å². The number of aliphatic hydroxyl groups is 1. The maximum Gasteiger partial charge on any atom is 0.300 e. The highest BCUT2D eigenvalue weighted by Gasteiger charge is 2.47. The summed E-state index contributed by atoms with van der Waals surface area (Å²) in [6.07, 6.45) is 0. The van der Waals surface area contributed by atoms with E-state index >= 15 is 0 Å². The predicted octanol–water partition coefficient (Wildman–Crippen LogP) is 5.34. The molecule has 6 heteroatoms. The van der Waals surface area contributed by atoms with E-state index in [2.05, 4.69) is 0 Å². The van der Waals surface area contributed by atoms with Gasteiger partial charge in [0.25, 0.3) is 11.7 Å². The first kappa shape index (κ1) is 23.1. The Hall–Kier alpha value is -4.06. The van der Waals surface area contributed by atoms with E-state index in [4.69, 9.17) is 4.74 Å². The van der Waals surface area contributed by atoms with E-state index in [1.165, 1.54) is 17.0 Å². The minimum absolute atomic E-state index is 0.000144. The molecular formula is C28H27NO5. The van der Waals surface area contributed by atoms with Crippen LogP contribution in [0.4, 0.5) is 5.69 Å². The molecule has 1 aliphatic rings. The molecule has 2 N–H and O–H groups in total. The second kappa shape index (κ2) is 9.06. The lowest BCUT2D eigenvalue weighted by Gasteiger charge is -2.27. The first-order valence-corrected chi connectivity index (χ1v) is 11.1. The zero-order valence-corrected chi connectivity index (χ0v) is 19.6. The van der Waals surface area contributed by atoms with E-state index in [0.29, 0.717) is 29.2 Å². The van der Waals surface area contributed by atoms with E-state index in [1.807, 2.05) is 39.8 Å². The number of aromatic hydroxyl groups is 1. The molecule has 0 saturated carbocycles. The van der Waals surface area contributed by atoms with Crippen molar-refractivity contribution in [3.63, 3.8) is 0 Å². The second-order valence-corrected chi connectivity index (χ2v) is 8.39. The third-order valence-electron chi connectivity index (χ3n) is 6.24. The fourth-order valence-electron chi connectivity index (χ4n) is 4.32. The number of ketones is 1. The number of amides is 1. The van der Waals surface area contributed by atoms with Crippen molar-refractivity contribution >= 4 is 23.1 Å². The first-order valence-electron chi connectivity index (χ1n) is 11.1. The lowest BCUT2D eigenvalue weighted by molar-refractivity contribution is -0.132. The number of rotatable bonds is 5. The van der Waals surface area contributed by atoms with Crippen LogP contribution in [-0.2, 0) is 9.59 Å². The number of nitrogens with zero attached hydrogens (tertiary/aromatic N) is 1. The largest absolute Gasteiger partial charge is 0.508 e. The number of ether oxygens (including phenoxy) is 1. The highest BCUT2D eigenvalue weighted by molar-refractivity contribution is 6.51. The van der Waals surface area contributed by atoms with Crippen molar-refractivity contribution < 1.29 is 24.5 Å². The number of aryl methyl sites for hydroxylation is 2. The van der Waals surface area contributed by atoms with Crippen molar-refractivity contribution in [2.24, 2.45) is 0 Å². The van der Waals surface area contributed by atoms with Crippen LogP contribution in [0.1, 0.15) is 40.8 Å². The molecule has 1 unspecified atom stereocenters. The topological polar surface area (TPSA) is 87.1 Å². The molecule has 1 saturated heterocycles. The Kier molecular flexibility index (Phi) is 6.16. The number of phenolic OH excluding ortho intramolecular Hbond substituents is 1. The Balaban J connectivity index is 1.94. The molecule has 174 valence electrons. The fraction of sp³-hybridized carbons (Fsp3) is 0.214. The minimum Gasteiger partial charge on any atom is -0.508 e. The number of phenols is 1. The summed E-state index contributed by atoms with van der Waals surface area (Å²) in [5.74, 6) is -0.978. The van der Waals surface area contributed by atoms with Gasteiger partial charge in [-0.15, -0.1) is 0 Å². The molecular weight excluding hydrogens is 430 g/mol. The van der Waals surface area contributed by atoms with Crippen LogP contribution >= 0.6 is 0 Å². The fourth-order valence-corrected chi connectivity index (χ4v) is 4.32. The SMILES string of the molecule is CCOc1ccc(/C(O)=C2\C(=O)C(=O)N(c3cccc(C)c3C)C2c2ccc(O)cc2)cc1C. The molecule has 3 aromatic carbocycles. The monoisotopic (exact) mass is 457 g/mol. The zero-order valence-electron chi connectivity index (χ0n) is 19.6. The Morgan fingerprint density at radius 1 is 0.971 bits per heavy atom. The summed E-state index contributed by atoms with van der Waals surface area (Å²) >= 11 is 0. The molecule has 0 bridgehead atoms. The zero-order chi connectivity index (χ0) is 24.6. The summed E-state index contributed by atoms with van der Waals surface area (Å²) < 4.78 is 5.59. The smallest absolute Gasteiger partial charge is 0.300 e. The van der Waals surface area contributed by atoms with Gasteiger partial charge >= 0.3 is 0 Å². The Bertz CT molecular complexity index is 1310. The second-order valence-electron chi connectivity index (χ2n) is 8.39. The van der Waals surface area contributed by atoms with Crippen LogP contribution in [0.3, 0.4) is 0 Å². The number of carbonyl (C=O) groups excluding carboxylic acids is 2. The van der Waals surface area contributed by atoms with Crippen molar-refractivity contribution in [2.75, 3.05) is 11.5 Å². The van der Waals surface area contributed by atoms with Gasteiger partial charge in [0, 0.05) is 11.3 Å². The van der Waals surface area contributed by atoms with Crippen molar-refractivity contribution in [1.82, 2.24) is 0 Å². The van der Waals surface area contributed by atoms with E-state index in [9.17, 15) is 19.8 Å². The normalized spacial score (nSPS) is 17.3. The van der Waals surface area contributed by atoms with Gasteiger partial charge in [0.15, 0.2) is 0 Å². The quantitative estimate of drug-likeness (QED) is 0.307. The molecule has 0 spiro atoms. The van der Waals surface area contributed by atoms with E-state index in [0.717, 1.165) is 16.7 Å². The molecule has 34 heavy (non-hydrogen) atoms. The number of anilines is 1. The number of benzene rings is 3. The Morgan fingerprint density at radius 2 is 1.68 bits per heavy atom. The summed E-state index contributed by atoms with van der Waals surface area (Å²) in [7, 11) is 0. The molecule has 1 fully saturated rings. The third kappa shape index (κ3) is 3.92. The maximum atomic E-state index is 13.3. The highest BCUT2D eigenvalue weighted by Crippen LogP contribution is 2.44. The average molecular weight is 458 g/mol. The molecule has 6 nitrogen and oxygen atoms in total. The van der Waals surface area contributed by atoms with Gasteiger partial charge in [-0.25, -0.2) is 0 Å². The number of hydrogen-bond acceptors (Lipinski definition) is 5. The summed E-state index contributed by atoms with van der Waals surface area (Å²) in [6.45, 7) is 8.09. The summed E-state index contributed by atoms with van der Waals surface area (Å²) in [5, 5.41) is 21.1. The van der Waals surface area contributed by atoms with Gasteiger partial charge in [-0.05, 0) is 86.3 Å². The van der Waals surface area contributed by atoms with Crippen LogP contribution in [0.15, 0.2) is 66.2 Å². The minimum atomic E-state index is -0.854. The maximum absolute atomic E-state index is 13.3. The third-order valence-corrected chi connectivity index (χ3v) is 6.24. The van der Waals surface area contributed by atoms with Crippen molar-refractivity contribution in [2.45, 2.75) is 33.7 Å². The molecule has 1 aliphatic heterocycles. The van der Waals surface area contributed by atoms with E-state index in [-0.39, 0.29) is 17.1 Å². The lowest BCUT2D eigenvalue weighted by atomic mass is 9.94. The number of aliphatic hydroxyl groups excluding tert-OH is 1. The van der Waals surface area contributed by atoms with Crippen molar-refractivity contribution in [3.05, 3.63) is 94.1 Å². The average Bonchev–Trinajstić information content (AvgIpc) is 3.07. The molecule has 4 rings (SSSR count). The van der Waals surface area contributed by atoms with Gasteiger partial charge in [0.1, 0.15) is 17.3 Å². The molecule has 0 radical (unpaired) electrons. The van der Waals surface area contributed by atoms with E-state index < -0.39 is 17.7 Å². The number of hydrogen-bond donors (Lipinski definition) is 2. The lowest BCUT2D eigenvalue weighted by Crippen LogP contribution is -2.30. The Morgan fingerprint density at radius 3 is 2.32 bits per heavy atom. The van der Waals surface area contributed by atoms with Crippen LogP contribution in [0.2, 0.25) is 0 Å². The Labute approximate surface area is 198 Å². The van der Waals surface area contributed by atoms with Crippen molar-refractivity contribution in [3.8, 4) is 11.5 Å². The van der Waals surface area contributed by atoms with Crippen LogP contribution in [-0.4, -0.2) is 28.5 Å². The molecule has 3 aromatic rings. The highest BCUT2D eigenvalue weighted by atomic mass is 16.5. The molecule has 0 aliphatic carbocycles. The molecule has 1 atom stereocenters. The first-order chi connectivity index (χ1) is 16.2. The summed E-state index contributed by atoms with van der Waals surface area (Å²) in [6, 6.07) is 16.2.